The van der Waals surface area contributed by atoms with Crippen LogP contribution in [0.1, 0.15) is 42.0 Å². The van der Waals surface area contributed by atoms with Gasteiger partial charge in [-0.3, -0.25) is 0 Å². The van der Waals surface area contributed by atoms with E-state index in [0.717, 1.165) is 6.42 Å². The number of H-pyrrole nitrogens is 1. The normalized spacial score (nSPS) is 14.9. The Labute approximate surface area is 103 Å². The van der Waals surface area contributed by atoms with E-state index in [1.54, 1.807) is 11.1 Å². The molecular weight excluding hydrogens is 206 g/mol. The highest BCUT2D eigenvalue weighted by atomic mass is 14.7. The molecule has 1 aromatic heterocycles. The van der Waals surface area contributed by atoms with Gasteiger partial charge in [0, 0.05) is 17.1 Å². The van der Waals surface area contributed by atoms with Gasteiger partial charge in [-0.25, -0.2) is 0 Å². The van der Waals surface area contributed by atoms with E-state index in [1.165, 1.54) is 41.3 Å². The lowest BCUT2D eigenvalue weighted by Crippen LogP contribution is -1.93. The highest BCUT2D eigenvalue weighted by molar-refractivity contribution is 5.93. The molecule has 1 aliphatic rings. The standard InChI is InChI=1S/C16H19N/c1-3-4-6-12-11(2)13-7-5-8-14(13)16-15(12)9-10-17-16/h4,6,9-10,17H,3,5,7-8H2,1-2H3/b6-4+. The van der Waals surface area contributed by atoms with Gasteiger partial charge in [-0.2, -0.15) is 0 Å². The molecule has 0 radical (unpaired) electrons. The molecule has 0 saturated heterocycles. The topological polar surface area (TPSA) is 15.8 Å². The van der Waals surface area contributed by atoms with Crippen molar-refractivity contribution in [3.63, 3.8) is 0 Å². The minimum Gasteiger partial charge on any atom is -0.361 e. The van der Waals surface area contributed by atoms with Crippen molar-refractivity contribution < 1.29 is 0 Å². The second kappa shape index (κ2) is 4.06. The van der Waals surface area contributed by atoms with Crippen LogP contribution in [0.25, 0.3) is 17.0 Å². The van der Waals surface area contributed by atoms with Crippen LogP contribution in [-0.4, -0.2) is 4.98 Å². The average Bonchev–Trinajstić information content (AvgIpc) is 2.96. The van der Waals surface area contributed by atoms with Gasteiger partial charge in [-0.1, -0.05) is 19.1 Å². The largest absolute Gasteiger partial charge is 0.361 e. The van der Waals surface area contributed by atoms with Crippen molar-refractivity contribution in [2.75, 3.05) is 0 Å². The number of fused-ring (bicyclic) bond motifs is 3. The Bertz CT molecular complexity index is 587. The van der Waals surface area contributed by atoms with Crippen LogP contribution in [0.2, 0.25) is 0 Å². The molecule has 1 aliphatic carbocycles. The zero-order chi connectivity index (χ0) is 11.8. The Hall–Kier alpha value is -1.50. The molecule has 0 spiro atoms. The Morgan fingerprint density at radius 2 is 2.12 bits per heavy atom. The number of hydrogen-bond acceptors (Lipinski definition) is 0. The summed E-state index contributed by atoms with van der Waals surface area (Å²) in [5, 5.41) is 1.40. The van der Waals surface area contributed by atoms with Crippen LogP contribution in [-0.2, 0) is 12.8 Å². The van der Waals surface area contributed by atoms with E-state index < -0.39 is 0 Å². The lowest BCUT2D eigenvalue weighted by Gasteiger charge is -2.11. The molecule has 1 heterocycles. The molecule has 1 heteroatoms. The van der Waals surface area contributed by atoms with Crippen molar-refractivity contribution in [3.8, 4) is 0 Å². The van der Waals surface area contributed by atoms with E-state index in [-0.39, 0.29) is 0 Å². The predicted molar refractivity (Wildman–Crippen MR) is 74.4 cm³/mol. The molecule has 1 nitrogen and oxygen atoms in total. The van der Waals surface area contributed by atoms with Gasteiger partial charge < -0.3 is 4.98 Å². The van der Waals surface area contributed by atoms with E-state index in [0.29, 0.717) is 0 Å². The van der Waals surface area contributed by atoms with Crippen molar-refractivity contribution in [1.82, 2.24) is 4.98 Å². The first-order valence-electron chi connectivity index (χ1n) is 6.61. The summed E-state index contributed by atoms with van der Waals surface area (Å²) in [7, 11) is 0. The van der Waals surface area contributed by atoms with E-state index in [4.69, 9.17) is 0 Å². The first kappa shape index (κ1) is 10.6. The van der Waals surface area contributed by atoms with Gasteiger partial charge in [0.15, 0.2) is 0 Å². The fourth-order valence-electron chi connectivity index (χ4n) is 3.09. The molecule has 1 N–H and O–H groups in total. The van der Waals surface area contributed by atoms with Crippen LogP contribution in [0.15, 0.2) is 18.3 Å². The quantitative estimate of drug-likeness (QED) is 0.780. The molecule has 2 aromatic rings. The Morgan fingerprint density at radius 1 is 1.29 bits per heavy atom. The van der Waals surface area contributed by atoms with Gasteiger partial charge in [-0.15, -0.1) is 0 Å². The molecule has 0 amide bonds. The number of aromatic amines is 1. The number of aryl methyl sites for hydroxylation is 1. The number of aromatic nitrogens is 1. The number of rotatable bonds is 2. The monoisotopic (exact) mass is 225 g/mol. The molecular formula is C16H19N. The molecule has 0 saturated carbocycles. The van der Waals surface area contributed by atoms with Crippen LogP contribution >= 0.6 is 0 Å². The third-order valence-corrected chi connectivity index (χ3v) is 3.93. The van der Waals surface area contributed by atoms with E-state index in [9.17, 15) is 0 Å². The zero-order valence-electron chi connectivity index (χ0n) is 10.6. The van der Waals surface area contributed by atoms with Gasteiger partial charge in [-0.05, 0) is 60.9 Å². The molecule has 0 bridgehead atoms. The van der Waals surface area contributed by atoms with E-state index >= 15 is 0 Å². The molecule has 3 rings (SSSR count). The lowest BCUT2D eigenvalue weighted by molar-refractivity contribution is 0.910. The van der Waals surface area contributed by atoms with Crippen LogP contribution < -0.4 is 0 Å². The zero-order valence-corrected chi connectivity index (χ0v) is 10.6. The van der Waals surface area contributed by atoms with Crippen LogP contribution in [0.3, 0.4) is 0 Å². The van der Waals surface area contributed by atoms with Gasteiger partial charge in [0.2, 0.25) is 0 Å². The summed E-state index contributed by atoms with van der Waals surface area (Å²) in [5.74, 6) is 0. The average molecular weight is 225 g/mol. The second-order valence-electron chi connectivity index (χ2n) is 4.93. The summed E-state index contributed by atoms with van der Waals surface area (Å²) in [6.07, 6.45) is 11.5. The summed E-state index contributed by atoms with van der Waals surface area (Å²) in [6.45, 7) is 4.47. The third kappa shape index (κ3) is 1.53. The summed E-state index contributed by atoms with van der Waals surface area (Å²) in [6, 6.07) is 2.22. The number of nitrogens with one attached hydrogen (secondary N) is 1. The van der Waals surface area contributed by atoms with Gasteiger partial charge >= 0.3 is 0 Å². The van der Waals surface area contributed by atoms with Crippen molar-refractivity contribution in [2.45, 2.75) is 39.5 Å². The number of benzene rings is 1. The Kier molecular flexibility index (Phi) is 2.54. The molecule has 88 valence electrons. The first-order chi connectivity index (χ1) is 8.33. The predicted octanol–water partition coefficient (Wildman–Crippen LogP) is 4.39. The van der Waals surface area contributed by atoms with Crippen LogP contribution in [0, 0.1) is 6.92 Å². The Morgan fingerprint density at radius 3 is 2.94 bits per heavy atom. The maximum absolute atomic E-state index is 3.43. The minimum atomic E-state index is 1.10. The maximum atomic E-state index is 3.43. The van der Waals surface area contributed by atoms with E-state index in [1.807, 2.05) is 0 Å². The summed E-state index contributed by atoms with van der Waals surface area (Å²) >= 11 is 0. The molecule has 0 unspecified atom stereocenters. The molecule has 1 aromatic carbocycles. The highest BCUT2D eigenvalue weighted by Crippen LogP contribution is 2.35. The molecule has 17 heavy (non-hydrogen) atoms. The van der Waals surface area contributed by atoms with Crippen molar-refractivity contribution >= 4 is 17.0 Å². The summed E-state index contributed by atoms with van der Waals surface area (Å²) in [4.78, 5) is 3.43. The minimum absolute atomic E-state index is 1.10. The highest BCUT2D eigenvalue weighted by Gasteiger charge is 2.19. The van der Waals surface area contributed by atoms with Gasteiger partial charge in [0.25, 0.3) is 0 Å². The molecule has 0 aliphatic heterocycles. The Balaban J connectivity index is 2.34. The molecule has 0 fully saturated rings. The van der Waals surface area contributed by atoms with Gasteiger partial charge in [0.05, 0.1) is 0 Å². The smallest absolute Gasteiger partial charge is 0.0495 e. The lowest BCUT2D eigenvalue weighted by atomic mass is 9.94. The SMILES string of the molecule is CC/C=C/c1c(C)c2c(c3[nH]ccc13)CCC2. The second-order valence-corrected chi connectivity index (χ2v) is 4.93. The summed E-state index contributed by atoms with van der Waals surface area (Å²) < 4.78 is 0. The third-order valence-electron chi connectivity index (χ3n) is 3.93. The van der Waals surface area contributed by atoms with Crippen LogP contribution in [0.5, 0.6) is 0 Å². The fourth-order valence-corrected chi connectivity index (χ4v) is 3.09. The van der Waals surface area contributed by atoms with Crippen molar-refractivity contribution in [2.24, 2.45) is 0 Å². The first-order valence-corrected chi connectivity index (χ1v) is 6.61. The maximum Gasteiger partial charge on any atom is 0.0495 e. The number of hydrogen-bond donors (Lipinski definition) is 1. The van der Waals surface area contributed by atoms with E-state index in [2.05, 4.69) is 43.2 Å². The summed E-state index contributed by atoms with van der Waals surface area (Å²) in [5.41, 5.74) is 7.45. The van der Waals surface area contributed by atoms with Crippen molar-refractivity contribution in [1.29, 1.82) is 0 Å². The molecule has 0 atom stereocenters. The fraction of sp³-hybridized carbons (Fsp3) is 0.375. The van der Waals surface area contributed by atoms with Crippen LogP contribution in [0.4, 0.5) is 0 Å². The van der Waals surface area contributed by atoms with Gasteiger partial charge in [0.1, 0.15) is 0 Å². The number of allylic oxidation sites excluding steroid dienone is 1. The van der Waals surface area contributed by atoms with Crippen molar-refractivity contribution in [3.05, 3.63) is 40.6 Å².